The zero-order valence-electron chi connectivity index (χ0n) is 10.5. The van der Waals surface area contributed by atoms with Crippen LogP contribution in [0, 0.1) is 0 Å². The Kier molecular flexibility index (Phi) is 4.64. The number of fused-ring (bicyclic) bond motifs is 1. The van der Waals surface area contributed by atoms with E-state index in [0.717, 1.165) is 10.9 Å². The topological polar surface area (TPSA) is 54.4 Å². The first-order chi connectivity index (χ1) is 8.81. The molecule has 0 aliphatic carbocycles. The van der Waals surface area contributed by atoms with Crippen LogP contribution in [0.25, 0.3) is 10.9 Å². The summed E-state index contributed by atoms with van der Waals surface area (Å²) in [4.78, 5) is 4.32. The minimum atomic E-state index is -0.469. The Hall–Kier alpha value is -1.49. The van der Waals surface area contributed by atoms with Crippen molar-refractivity contribution in [1.82, 2.24) is 10.3 Å². The summed E-state index contributed by atoms with van der Waals surface area (Å²) < 4.78 is 4.88. The number of nitrogens with zero attached hydrogens (tertiary/aromatic N) is 1. The number of ether oxygens (including phenoxy) is 1. The molecule has 0 radical (unpaired) electrons. The minimum Gasteiger partial charge on any atom is -0.389 e. The highest BCUT2D eigenvalue weighted by molar-refractivity contribution is 5.81. The van der Waals surface area contributed by atoms with Gasteiger partial charge in [-0.3, -0.25) is 4.98 Å². The first kappa shape index (κ1) is 13.0. The molecule has 18 heavy (non-hydrogen) atoms. The standard InChI is InChI=1S/C14H18N2O2/c1-18-10-12(17)9-15-8-11-6-7-16-14-5-3-2-4-13(11)14/h2-7,12,15,17H,8-10H2,1H3. The van der Waals surface area contributed by atoms with Gasteiger partial charge in [0.05, 0.1) is 18.2 Å². The van der Waals surface area contributed by atoms with Crippen molar-refractivity contribution in [2.45, 2.75) is 12.6 Å². The van der Waals surface area contributed by atoms with Crippen LogP contribution < -0.4 is 5.32 Å². The van der Waals surface area contributed by atoms with E-state index in [1.165, 1.54) is 5.56 Å². The average molecular weight is 246 g/mol. The number of benzene rings is 1. The SMILES string of the molecule is COCC(O)CNCc1ccnc2ccccc12. The van der Waals surface area contributed by atoms with Crippen molar-refractivity contribution in [3.05, 3.63) is 42.1 Å². The van der Waals surface area contributed by atoms with Gasteiger partial charge in [-0.2, -0.15) is 0 Å². The summed E-state index contributed by atoms with van der Waals surface area (Å²) in [7, 11) is 1.58. The number of aromatic nitrogens is 1. The van der Waals surface area contributed by atoms with Crippen LogP contribution in [0.1, 0.15) is 5.56 Å². The second-order valence-corrected chi connectivity index (χ2v) is 4.23. The molecule has 0 saturated carbocycles. The normalized spacial score (nSPS) is 12.8. The number of aliphatic hydroxyl groups is 1. The lowest BCUT2D eigenvalue weighted by Crippen LogP contribution is -2.29. The molecule has 0 fully saturated rings. The summed E-state index contributed by atoms with van der Waals surface area (Å²) in [6, 6.07) is 10.0. The van der Waals surface area contributed by atoms with Crippen LogP contribution in [0.5, 0.6) is 0 Å². The summed E-state index contributed by atoms with van der Waals surface area (Å²) in [5.41, 5.74) is 2.18. The highest BCUT2D eigenvalue weighted by atomic mass is 16.5. The molecular formula is C14H18N2O2. The van der Waals surface area contributed by atoms with Crippen LogP contribution in [0.3, 0.4) is 0 Å². The van der Waals surface area contributed by atoms with Crippen molar-refractivity contribution in [1.29, 1.82) is 0 Å². The van der Waals surface area contributed by atoms with Crippen molar-refractivity contribution in [2.75, 3.05) is 20.3 Å². The van der Waals surface area contributed by atoms with Gasteiger partial charge in [-0.05, 0) is 17.7 Å². The van der Waals surface area contributed by atoms with E-state index in [-0.39, 0.29) is 0 Å². The van der Waals surface area contributed by atoms with E-state index < -0.39 is 6.10 Å². The molecule has 4 nitrogen and oxygen atoms in total. The van der Waals surface area contributed by atoms with E-state index in [9.17, 15) is 5.11 Å². The van der Waals surface area contributed by atoms with Gasteiger partial charge in [0, 0.05) is 31.8 Å². The molecule has 0 aliphatic heterocycles. The van der Waals surface area contributed by atoms with Crippen molar-refractivity contribution in [3.8, 4) is 0 Å². The summed E-state index contributed by atoms with van der Waals surface area (Å²) in [5.74, 6) is 0. The smallest absolute Gasteiger partial charge is 0.0897 e. The van der Waals surface area contributed by atoms with Gasteiger partial charge in [0.1, 0.15) is 0 Å². The molecule has 0 spiro atoms. The third-order valence-corrected chi connectivity index (χ3v) is 2.79. The second kappa shape index (κ2) is 6.44. The number of pyridine rings is 1. The summed E-state index contributed by atoms with van der Waals surface area (Å²) in [6.07, 6.45) is 1.34. The molecule has 2 aromatic rings. The lowest BCUT2D eigenvalue weighted by atomic mass is 10.1. The van der Waals surface area contributed by atoms with E-state index in [0.29, 0.717) is 19.7 Å². The maximum Gasteiger partial charge on any atom is 0.0897 e. The van der Waals surface area contributed by atoms with Gasteiger partial charge < -0.3 is 15.2 Å². The minimum absolute atomic E-state index is 0.351. The van der Waals surface area contributed by atoms with E-state index in [4.69, 9.17) is 4.74 Å². The molecule has 4 heteroatoms. The molecule has 1 heterocycles. The molecular weight excluding hydrogens is 228 g/mol. The Labute approximate surface area is 107 Å². The van der Waals surface area contributed by atoms with Gasteiger partial charge in [0.2, 0.25) is 0 Å². The van der Waals surface area contributed by atoms with Crippen molar-refractivity contribution in [2.24, 2.45) is 0 Å². The van der Waals surface area contributed by atoms with E-state index in [1.807, 2.05) is 30.5 Å². The third-order valence-electron chi connectivity index (χ3n) is 2.79. The van der Waals surface area contributed by atoms with Crippen molar-refractivity contribution in [3.63, 3.8) is 0 Å². The Balaban J connectivity index is 1.99. The van der Waals surface area contributed by atoms with Gasteiger partial charge in [0.15, 0.2) is 0 Å². The fourth-order valence-electron chi connectivity index (χ4n) is 1.93. The number of methoxy groups -OCH3 is 1. The molecule has 0 saturated heterocycles. The monoisotopic (exact) mass is 246 g/mol. The zero-order chi connectivity index (χ0) is 12.8. The van der Waals surface area contributed by atoms with Crippen molar-refractivity contribution >= 4 is 10.9 Å². The van der Waals surface area contributed by atoms with Gasteiger partial charge in [0.25, 0.3) is 0 Å². The predicted octanol–water partition coefficient (Wildman–Crippen LogP) is 1.33. The van der Waals surface area contributed by atoms with E-state index >= 15 is 0 Å². The highest BCUT2D eigenvalue weighted by Gasteiger charge is 2.04. The number of nitrogens with one attached hydrogen (secondary N) is 1. The molecule has 1 atom stereocenters. The molecule has 0 bridgehead atoms. The third kappa shape index (κ3) is 3.26. The fraction of sp³-hybridized carbons (Fsp3) is 0.357. The molecule has 0 amide bonds. The second-order valence-electron chi connectivity index (χ2n) is 4.23. The van der Waals surface area contributed by atoms with Gasteiger partial charge in [-0.1, -0.05) is 18.2 Å². The van der Waals surface area contributed by atoms with Gasteiger partial charge >= 0.3 is 0 Å². The van der Waals surface area contributed by atoms with E-state index in [2.05, 4.69) is 16.4 Å². The van der Waals surface area contributed by atoms with Crippen LogP contribution in [0.2, 0.25) is 0 Å². The lowest BCUT2D eigenvalue weighted by molar-refractivity contribution is 0.0644. The van der Waals surface area contributed by atoms with Crippen LogP contribution in [-0.4, -0.2) is 36.5 Å². The highest BCUT2D eigenvalue weighted by Crippen LogP contribution is 2.15. The molecule has 2 N–H and O–H groups in total. The largest absolute Gasteiger partial charge is 0.389 e. The maximum atomic E-state index is 9.54. The average Bonchev–Trinajstić information content (AvgIpc) is 2.39. The van der Waals surface area contributed by atoms with Gasteiger partial charge in [-0.15, -0.1) is 0 Å². The lowest BCUT2D eigenvalue weighted by Gasteiger charge is -2.11. The fourth-order valence-corrected chi connectivity index (χ4v) is 1.93. The van der Waals surface area contributed by atoms with Crippen LogP contribution in [0.15, 0.2) is 36.5 Å². The van der Waals surface area contributed by atoms with Crippen LogP contribution in [0.4, 0.5) is 0 Å². The molecule has 1 aromatic heterocycles. The summed E-state index contributed by atoms with van der Waals surface area (Å²) in [6.45, 7) is 1.58. The quantitative estimate of drug-likeness (QED) is 0.807. The van der Waals surface area contributed by atoms with Gasteiger partial charge in [-0.25, -0.2) is 0 Å². The number of hydrogen-bond acceptors (Lipinski definition) is 4. The molecule has 96 valence electrons. The van der Waals surface area contributed by atoms with Crippen LogP contribution >= 0.6 is 0 Å². The number of aliphatic hydroxyl groups excluding tert-OH is 1. The maximum absolute atomic E-state index is 9.54. The first-order valence-corrected chi connectivity index (χ1v) is 6.01. The Morgan fingerprint density at radius 2 is 2.17 bits per heavy atom. The molecule has 0 aliphatic rings. The molecule has 1 aromatic carbocycles. The molecule has 1 unspecified atom stereocenters. The Bertz CT molecular complexity index is 497. The van der Waals surface area contributed by atoms with Crippen LogP contribution in [-0.2, 0) is 11.3 Å². The van der Waals surface area contributed by atoms with Crippen molar-refractivity contribution < 1.29 is 9.84 Å². The molecule has 2 rings (SSSR count). The Morgan fingerprint density at radius 3 is 3.00 bits per heavy atom. The Morgan fingerprint density at radius 1 is 1.33 bits per heavy atom. The number of rotatable bonds is 6. The predicted molar refractivity (Wildman–Crippen MR) is 71.3 cm³/mol. The summed E-state index contributed by atoms with van der Waals surface area (Å²) >= 11 is 0. The van der Waals surface area contributed by atoms with E-state index in [1.54, 1.807) is 7.11 Å². The number of para-hydroxylation sites is 1. The first-order valence-electron chi connectivity index (χ1n) is 6.01. The zero-order valence-corrected chi connectivity index (χ0v) is 10.5. The summed E-state index contributed by atoms with van der Waals surface area (Å²) in [5, 5.41) is 13.9. The number of hydrogen-bond donors (Lipinski definition) is 2.